The van der Waals surface area contributed by atoms with Gasteiger partial charge in [-0.05, 0) is 18.2 Å². The molecule has 1 aliphatic rings. The minimum absolute atomic E-state index is 0.0769. The van der Waals surface area contributed by atoms with Crippen LogP contribution in [0.1, 0.15) is 0 Å². The normalized spacial score (nSPS) is 14.6. The fourth-order valence-electron chi connectivity index (χ4n) is 1.91. The van der Waals surface area contributed by atoms with E-state index in [9.17, 15) is 14.4 Å². The summed E-state index contributed by atoms with van der Waals surface area (Å²) in [5.74, 6) is -0.903. The summed E-state index contributed by atoms with van der Waals surface area (Å²) in [6.45, 7) is -0.407. The first kappa shape index (κ1) is 13.3. The highest BCUT2D eigenvalue weighted by Gasteiger charge is 2.30. The lowest BCUT2D eigenvalue weighted by Crippen LogP contribution is -2.38. The van der Waals surface area contributed by atoms with Gasteiger partial charge in [-0.15, -0.1) is 0 Å². The molecular formula is C12H11N5O3S. The monoisotopic (exact) mass is 305 g/mol. The van der Waals surface area contributed by atoms with Crippen molar-refractivity contribution in [1.82, 2.24) is 15.2 Å². The molecule has 1 aromatic heterocycles. The van der Waals surface area contributed by atoms with E-state index in [0.29, 0.717) is 10.8 Å². The highest BCUT2D eigenvalue weighted by Crippen LogP contribution is 2.27. The van der Waals surface area contributed by atoms with E-state index in [-0.39, 0.29) is 13.1 Å². The van der Waals surface area contributed by atoms with E-state index in [1.54, 1.807) is 18.2 Å². The van der Waals surface area contributed by atoms with E-state index in [1.165, 1.54) is 11.3 Å². The Morgan fingerprint density at radius 1 is 1.48 bits per heavy atom. The Balaban J connectivity index is 1.71. The van der Waals surface area contributed by atoms with Gasteiger partial charge in [-0.25, -0.2) is 9.78 Å². The number of fused-ring (bicyclic) bond motifs is 1. The number of nitrogens with zero attached hydrogens (tertiary/aromatic N) is 2. The average molecular weight is 305 g/mol. The number of rotatable bonds is 3. The number of aromatic nitrogens is 1. The maximum Gasteiger partial charge on any atom is 0.325 e. The van der Waals surface area contributed by atoms with Crippen LogP contribution in [0.15, 0.2) is 18.2 Å². The Kier molecular flexibility index (Phi) is 3.18. The maximum absolute atomic E-state index is 11.9. The highest BCUT2D eigenvalue weighted by atomic mass is 32.1. The first-order valence-electron chi connectivity index (χ1n) is 6.07. The van der Waals surface area contributed by atoms with Crippen LogP contribution in [0.3, 0.4) is 0 Å². The quantitative estimate of drug-likeness (QED) is 0.559. The van der Waals surface area contributed by atoms with Gasteiger partial charge in [0, 0.05) is 5.69 Å². The minimum Gasteiger partial charge on any atom is -0.399 e. The van der Waals surface area contributed by atoms with Gasteiger partial charge in [0.05, 0.1) is 16.8 Å². The molecule has 4 amide bonds. The molecule has 4 N–H and O–H groups in total. The number of carbonyl (C=O) groups is 3. The number of hydrogen-bond acceptors (Lipinski definition) is 6. The zero-order valence-electron chi connectivity index (χ0n) is 10.8. The fourth-order valence-corrected chi connectivity index (χ4v) is 2.84. The molecular weight excluding hydrogens is 294 g/mol. The van der Waals surface area contributed by atoms with Gasteiger partial charge in [0.2, 0.25) is 5.91 Å². The van der Waals surface area contributed by atoms with E-state index in [4.69, 9.17) is 5.73 Å². The molecule has 0 spiro atoms. The molecule has 3 rings (SSSR count). The molecule has 0 atom stereocenters. The summed E-state index contributed by atoms with van der Waals surface area (Å²) in [5.41, 5.74) is 7.01. The van der Waals surface area contributed by atoms with Crippen molar-refractivity contribution in [3.63, 3.8) is 0 Å². The standard InChI is InChI=1S/C12H11N5O3S/c13-6-1-2-7-8(3-6)21-11(15-7)16-9(18)5-17-10(19)4-14-12(17)20/h1-3H,4-5,13H2,(H,14,20)(H,15,16,18). The molecule has 9 heteroatoms. The molecule has 2 heterocycles. The molecule has 0 aliphatic carbocycles. The lowest BCUT2D eigenvalue weighted by atomic mass is 10.3. The van der Waals surface area contributed by atoms with Crippen LogP contribution in [-0.2, 0) is 9.59 Å². The van der Waals surface area contributed by atoms with E-state index in [0.717, 1.165) is 15.1 Å². The number of thiazole rings is 1. The summed E-state index contributed by atoms with van der Waals surface area (Å²) >= 11 is 1.27. The van der Waals surface area contributed by atoms with E-state index in [2.05, 4.69) is 15.6 Å². The van der Waals surface area contributed by atoms with Crippen molar-refractivity contribution < 1.29 is 14.4 Å². The van der Waals surface area contributed by atoms with Crippen LogP contribution < -0.4 is 16.4 Å². The number of anilines is 2. The van der Waals surface area contributed by atoms with E-state index >= 15 is 0 Å². The summed E-state index contributed by atoms with van der Waals surface area (Å²) in [7, 11) is 0. The Morgan fingerprint density at radius 2 is 2.29 bits per heavy atom. The second-order valence-corrected chi connectivity index (χ2v) is 5.46. The molecule has 0 saturated carbocycles. The van der Waals surface area contributed by atoms with Crippen molar-refractivity contribution in [2.24, 2.45) is 0 Å². The van der Waals surface area contributed by atoms with Crippen LogP contribution in [0.25, 0.3) is 10.2 Å². The molecule has 1 saturated heterocycles. The Bertz CT molecular complexity index is 740. The largest absolute Gasteiger partial charge is 0.399 e. The number of imide groups is 1. The Labute approximate surface area is 122 Å². The zero-order valence-corrected chi connectivity index (χ0v) is 11.6. The number of urea groups is 1. The van der Waals surface area contributed by atoms with Crippen LogP contribution >= 0.6 is 11.3 Å². The molecule has 0 unspecified atom stereocenters. The minimum atomic E-state index is -0.563. The second kappa shape index (κ2) is 5.02. The summed E-state index contributed by atoms with van der Waals surface area (Å²) < 4.78 is 0.847. The number of hydrogen-bond donors (Lipinski definition) is 3. The van der Waals surface area contributed by atoms with Crippen molar-refractivity contribution in [3.8, 4) is 0 Å². The van der Waals surface area contributed by atoms with Crippen molar-refractivity contribution in [2.45, 2.75) is 0 Å². The first-order valence-corrected chi connectivity index (χ1v) is 6.89. The summed E-state index contributed by atoms with van der Waals surface area (Å²) in [5, 5.41) is 5.32. The van der Waals surface area contributed by atoms with Crippen LogP contribution in [0, 0.1) is 0 Å². The molecule has 0 radical (unpaired) electrons. The predicted molar refractivity (Wildman–Crippen MR) is 77.8 cm³/mol. The van der Waals surface area contributed by atoms with E-state index < -0.39 is 17.8 Å². The summed E-state index contributed by atoms with van der Waals surface area (Å²) in [6.07, 6.45) is 0. The van der Waals surface area contributed by atoms with Gasteiger partial charge >= 0.3 is 6.03 Å². The van der Waals surface area contributed by atoms with Crippen LogP contribution in [0.2, 0.25) is 0 Å². The summed E-state index contributed by atoms with van der Waals surface area (Å²) in [4.78, 5) is 39.7. The number of amides is 4. The number of benzene rings is 1. The molecule has 108 valence electrons. The third kappa shape index (κ3) is 2.63. The van der Waals surface area contributed by atoms with Crippen molar-refractivity contribution in [1.29, 1.82) is 0 Å². The Hall–Kier alpha value is -2.68. The predicted octanol–water partition coefficient (Wildman–Crippen LogP) is 0.369. The van der Waals surface area contributed by atoms with Crippen LogP contribution in [0.4, 0.5) is 15.6 Å². The first-order chi connectivity index (χ1) is 10.0. The molecule has 0 bridgehead atoms. The van der Waals surface area contributed by atoms with Gasteiger partial charge in [0.1, 0.15) is 6.54 Å². The van der Waals surface area contributed by atoms with Crippen molar-refractivity contribution in [2.75, 3.05) is 24.1 Å². The lowest BCUT2D eigenvalue weighted by molar-refractivity contribution is -0.128. The van der Waals surface area contributed by atoms with E-state index in [1.807, 2.05) is 0 Å². The lowest BCUT2D eigenvalue weighted by Gasteiger charge is -2.10. The third-order valence-corrected chi connectivity index (χ3v) is 3.83. The van der Waals surface area contributed by atoms with Gasteiger partial charge in [0.25, 0.3) is 5.91 Å². The van der Waals surface area contributed by atoms with Gasteiger partial charge in [-0.3, -0.25) is 14.5 Å². The zero-order chi connectivity index (χ0) is 15.0. The third-order valence-electron chi connectivity index (χ3n) is 2.90. The SMILES string of the molecule is Nc1ccc2nc(NC(=O)CN3C(=O)CNC3=O)sc2c1. The number of nitrogens with one attached hydrogen (secondary N) is 2. The summed E-state index contributed by atoms with van der Waals surface area (Å²) in [6, 6.07) is 4.68. The van der Waals surface area contributed by atoms with Gasteiger partial charge < -0.3 is 16.4 Å². The van der Waals surface area contributed by atoms with Gasteiger partial charge in [-0.2, -0.15) is 0 Å². The smallest absolute Gasteiger partial charge is 0.325 e. The number of nitrogen functional groups attached to an aromatic ring is 1. The average Bonchev–Trinajstić information content (AvgIpc) is 2.95. The fraction of sp³-hybridized carbons (Fsp3) is 0.167. The van der Waals surface area contributed by atoms with Crippen LogP contribution in [0.5, 0.6) is 0 Å². The van der Waals surface area contributed by atoms with Gasteiger partial charge in [0.15, 0.2) is 5.13 Å². The number of carbonyl (C=O) groups excluding carboxylic acids is 3. The highest BCUT2D eigenvalue weighted by molar-refractivity contribution is 7.22. The maximum atomic E-state index is 11.9. The molecule has 2 aromatic rings. The molecule has 8 nitrogen and oxygen atoms in total. The Morgan fingerprint density at radius 3 is 3.00 bits per heavy atom. The van der Waals surface area contributed by atoms with Gasteiger partial charge in [-0.1, -0.05) is 11.3 Å². The second-order valence-electron chi connectivity index (χ2n) is 4.43. The molecule has 1 fully saturated rings. The van der Waals surface area contributed by atoms with Crippen LogP contribution in [-0.4, -0.2) is 40.8 Å². The van der Waals surface area contributed by atoms with Crippen molar-refractivity contribution >= 4 is 50.2 Å². The molecule has 21 heavy (non-hydrogen) atoms. The molecule has 1 aliphatic heterocycles. The topological polar surface area (TPSA) is 117 Å². The molecule has 1 aromatic carbocycles. The number of nitrogens with two attached hydrogens (primary N) is 1. The van der Waals surface area contributed by atoms with Crippen molar-refractivity contribution in [3.05, 3.63) is 18.2 Å².